The molecule has 2 aromatic carbocycles. The summed E-state index contributed by atoms with van der Waals surface area (Å²) in [5, 5.41) is 12.9. The van der Waals surface area contributed by atoms with Crippen LogP contribution in [0.3, 0.4) is 0 Å². The van der Waals surface area contributed by atoms with Crippen molar-refractivity contribution < 1.29 is 9.21 Å². The van der Waals surface area contributed by atoms with Gasteiger partial charge < -0.3 is 9.32 Å². The monoisotopic (exact) mass is 448 g/mol. The number of nitrogens with zero attached hydrogens (tertiary/aromatic N) is 4. The number of para-hydroxylation sites is 1. The summed E-state index contributed by atoms with van der Waals surface area (Å²) in [5.74, 6) is -0.473. The summed E-state index contributed by atoms with van der Waals surface area (Å²) in [7, 11) is 0. The number of rotatable bonds is 4. The average Bonchev–Trinajstić information content (AvgIpc) is 3.23. The summed E-state index contributed by atoms with van der Waals surface area (Å²) in [4.78, 5) is 19.1. The van der Waals surface area contributed by atoms with Gasteiger partial charge in [-0.05, 0) is 51.1 Å². The molecule has 0 N–H and O–H groups in total. The van der Waals surface area contributed by atoms with Crippen molar-refractivity contribution in [2.45, 2.75) is 20.8 Å². The third-order valence-corrected chi connectivity index (χ3v) is 6.22. The molecule has 1 amide bonds. The zero-order valence-corrected chi connectivity index (χ0v) is 19.4. The molecule has 0 saturated carbocycles. The number of benzene rings is 2. The van der Waals surface area contributed by atoms with Crippen LogP contribution in [0.2, 0.25) is 0 Å². The Hall–Kier alpha value is -4.37. The number of hydrogen-bond acceptors (Lipinski definition) is 4. The Morgan fingerprint density at radius 3 is 2.56 bits per heavy atom. The molecule has 5 aromatic rings. The maximum atomic E-state index is 12.6. The Labute approximate surface area is 196 Å². The number of anilines is 1. The van der Waals surface area contributed by atoms with Gasteiger partial charge in [-0.1, -0.05) is 24.8 Å². The molecule has 0 atom stereocenters. The number of hydrogen-bond donors (Lipinski definition) is 0. The lowest BCUT2D eigenvalue weighted by Gasteiger charge is -2.21. The van der Waals surface area contributed by atoms with Crippen LogP contribution in [0.1, 0.15) is 26.3 Å². The summed E-state index contributed by atoms with van der Waals surface area (Å²) < 4.78 is 8.24. The van der Waals surface area contributed by atoms with Gasteiger partial charge in [0.15, 0.2) is 11.1 Å². The molecule has 6 heteroatoms. The number of carbonyl (C=O) groups is 1. The molecule has 0 aliphatic rings. The summed E-state index contributed by atoms with van der Waals surface area (Å²) in [6, 6.07) is 20.3. The van der Waals surface area contributed by atoms with Gasteiger partial charge >= 0.3 is 0 Å². The maximum absolute atomic E-state index is 12.6. The molecule has 168 valence electrons. The average molecular weight is 449 g/mol. The Balaban J connectivity index is 1.98. The molecule has 0 aliphatic heterocycles. The molecule has 0 saturated heterocycles. The fourth-order valence-corrected chi connectivity index (χ4v) is 4.47. The molecule has 0 fully saturated rings. The first-order chi connectivity index (χ1) is 16.5. The fraction of sp³-hybridized carbons (Fsp3) is 0.179. The molecule has 3 aromatic heterocycles. The Morgan fingerprint density at radius 1 is 1.09 bits per heavy atom. The van der Waals surface area contributed by atoms with E-state index in [0.717, 1.165) is 46.0 Å². The molecule has 0 radical (unpaired) electrons. The van der Waals surface area contributed by atoms with Gasteiger partial charge in [-0.2, -0.15) is 10.3 Å². The molecule has 0 spiro atoms. The molecule has 0 aliphatic carbocycles. The van der Waals surface area contributed by atoms with Crippen LogP contribution < -0.4 is 10.4 Å². The third kappa shape index (κ3) is 3.25. The fourth-order valence-electron chi connectivity index (χ4n) is 4.47. The summed E-state index contributed by atoms with van der Waals surface area (Å²) in [6.45, 7) is 11.3. The SMILES string of the molecule is C=C(C)C(=O)/N=c1/c(C#N)c2oc3cc(N(CC)CC)ccc3cc2c2cc3ccccc3n12. The van der Waals surface area contributed by atoms with Gasteiger partial charge in [-0.3, -0.25) is 9.20 Å². The van der Waals surface area contributed by atoms with Gasteiger partial charge in [-0.25, -0.2) is 0 Å². The predicted molar refractivity (Wildman–Crippen MR) is 136 cm³/mol. The number of pyridine rings is 1. The minimum absolute atomic E-state index is 0.216. The minimum Gasteiger partial charge on any atom is -0.454 e. The van der Waals surface area contributed by atoms with Crippen molar-refractivity contribution in [1.82, 2.24) is 4.40 Å². The predicted octanol–water partition coefficient (Wildman–Crippen LogP) is 5.71. The zero-order valence-electron chi connectivity index (χ0n) is 19.4. The quantitative estimate of drug-likeness (QED) is 0.261. The lowest BCUT2D eigenvalue weighted by atomic mass is 10.1. The van der Waals surface area contributed by atoms with Crippen molar-refractivity contribution in [2.75, 3.05) is 18.0 Å². The van der Waals surface area contributed by atoms with Crippen molar-refractivity contribution in [3.63, 3.8) is 0 Å². The van der Waals surface area contributed by atoms with Crippen molar-refractivity contribution in [2.24, 2.45) is 4.99 Å². The van der Waals surface area contributed by atoms with E-state index in [1.54, 1.807) is 6.92 Å². The second-order valence-electron chi connectivity index (χ2n) is 8.32. The topological polar surface area (TPSA) is 74.0 Å². The molecule has 34 heavy (non-hydrogen) atoms. The highest BCUT2D eigenvalue weighted by molar-refractivity contribution is 6.06. The molecular weight excluding hydrogens is 424 g/mol. The molecule has 0 bridgehead atoms. The van der Waals surface area contributed by atoms with Crippen LogP contribution in [-0.4, -0.2) is 23.4 Å². The first-order valence-corrected chi connectivity index (χ1v) is 11.3. The van der Waals surface area contributed by atoms with E-state index < -0.39 is 5.91 Å². The smallest absolute Gasteiger partial charge is 0.274 e. The van der Waals surface area contributed by atoms with E-state index in [0.29, 0.717) is 16.7 Å². The summed E-state index contributed by atoms with van der Waals surface area (Å²) in [5.41, 5.74) is 4.59. The van der Waals surface area contributed by atoms with Crippen LogP contribution in [0, 0.1) is 11.3 Å². The Kier molecular flexibility index (Phi) is 5.18. The van der Waals surface area contributed by atoms with Crippen molar-refractivity contribution in [3.8, 4) is 6.07 Å². The first-order valence-electron chi connectivity index (χ1n) is 11.3. The van der Waals surface area contributed by atoms with Gasteiger partial charge in [0.05, 0.1) is 11.0 Å². The van der Waals surface area contributed by atoms with Crippen molar-refractivity contribution >= 4 is 50.0 Å². The van der Waals surface area contributed by atoms with Crippen LogP contribution in [0.15, 0.2) is 76.2 Å². The highest BCUT2D eigenvalue weighted by Gasteiger charge is 2.18. The minimum atomic E-state index is -0.473. The maximum Gasteiger partial charge on any atom is 0.274 e. The van der Waals surface area contributed by atoms with Gasteiger partial charge in [0, 0.05) is 46.6 Å². The highest BCUT2D eigenvalue weighted by atomic mass is 16.3. The lowest BCUT2D eigenvalue weighted by Crippen LogP contribution is -2.21. The molecule has 3 heterocycles. The van der Waals surface area contributed by atoms with Crippen molar-refractivity contribution in [1.29, 1.82) is 5.26 Å². The molecule has 0 unspecified atom stereocenters. The first kappa shape index (κ1) is 21.5. The van der Waals surface area contributed by atoms with E-state index in [4.69, 9.17) is 4.42 Å². The van der Waals surface area contributed by atoms with Crippen LogP contribution in [-0.2, 0) is 4.79 Å². The van der Waals surface area contributed by atoms with Crippen LogP contribution in [0.4, 0.5) is 5.69 Å². The Bertz CT molecular complexity index is 1740. The second kappa shape index (κ2) is 8.20. The van der Waals surface area contributed by atoms with Crippen LogP contribution in [0.5, 0.6) is 0 Å². The van der Waals surface area contributed by atoms with E-state index in [1.165, 1.54) is 0 Å². The van der Waals surface area contributed by atoms with E-state index in [1.807, 2.05) is 52.9 Å². The van der Waals surface area contributed by atoms with Gasteiger partial charge in [0.2, 0.25) is 0 Å². The van der Waals surface area contributed by atoms with Gasteiger partial charge in [0.25, 0.3) is 5.91 Å². The largest absolute Gasteiger partial charge is 0.454 e. The summed E-state index contributed by atoms with van der Waals surface area (Å²) in [6.07, 6.45) is 0. The standard InChI is InChI=1S/C28H24N4O2/c1-5-31(6-2)20-12-11-19-13-21-24-14-18-9-7-8-10-23(18)32(24)27(30-28(33)17(3)4)22(16-29)26(21)34-25(19)15-20/h7-15H,3,5-6H2,1-2,4H3/b30-27-. The molecular formula is C28H24N4O2. The van der Waals surface area contributed by atoms with Crippen molar-refractivity contribution in [3.05, 3.63) is 77.8 Å². The normalized spacial score (nSPS) is 12.0. The number of carbonyl (C=O) groups excluding carboxylic acids is 1. The zero-order chi connectivity index (χ0) is 24.0. The van der Waals surface area contributed by atoms with E-state index in [-0.39, 0.29) is 11.1 Å². The van der Waals surface area contributed by atoms with E-state index in [2.05, 4.69) is 42.5 Å². The van der Waals surface area contributed by atoms with Gasteiger partial charge in [-0.15, -0.1) is 0 Å². The molecule has 6 nitrogen and oxygen atoms in total. The lowest BCUT2D eigenvalue weighted by molar-refractivity contribution is -0.114. The van der Waals surface area contributed by atoms with Crippen LogP contribution >= 0.6 is 0 Å². The third-order valence-electron chi connectivity index (χ3n) is 6.22. The number of fused-ring (bicyclic) bond motifs is 6. The Morgan fingerprint density at radius 2 is 1.85 bits per heavy atom. The second-order valence-corrected chi connectivity index (χ2v) is 8.32. The van der Waals surface area contributed by atoms with Crippen LogP contribution in [0.25, 0.3) is 38.4 Å². The highest BCUT2D eigenvalue weighted by Crippen LogP contribution is 2.32. The van der Waals surface area contributed by atoms with E-state index in [9.17, 15) is 10.1 Å². The van der Waals surface area contributed by atoms with Gasteiger partial charge in [0.1, 0.15) is 17.2 Å². The number of amides is 1. The summed E-state index contributed by atoms with van der Waals surface area (Å²) >= 11 is 0. The number of aromatic nitrogens is 1. The molecule has 5 rings (SSSR count). The number of nitriles is 1. The van der Waals surface area contributed by atoms with E-state index >= 15 is 0 Å².